The maximum Gasteiger partial charge on any atom is 0.126 e. The number of hydrogen-bond acceptors (Lipinski definition) is 2. The fourth-order valence-electron chi connectivity index (χ4n) is 1.11. The molecule has 0 amide bonds. The van der Waals surface area contributed by atoms with E-state index in [2.05, 4.69) is 31.9 Å². The summed E-state index contributed by atoms with van der Waals surface area (Å²) in [6, 6.07) is 5.70. The third kappa shape index (κ3) is 2.08. The van der Waals surface area contributed by atoms with Crippen molar-refractivity contribution in [3.63, 3.8) is 0 Å². The van der Waals surface area contributed by atoms with Gasteiger partial charge in [-0.3, -0.25) is 0 Å². The van der Waals surface area contributed by atoms with Crippen LogP contribution < -0.4 is 0 Å². The molecule has 5 heteroatoms. The van der Waals surface area contributed by atoms with Gasteiger partial charge in [0.15, 0.2) is 0 Å². The standard InChI is InChI=1S/C9H5Br2ClOS/c10-7-4-5(9(11)14-7)8(12)6-2-1-3-13-6/h1-4,8H. The van der Waals surface area contributed by atoms with Gasteiger partial charge < -0.3 is 4.42 Å². The monoisotopic (exact) mass is 354 g/mol. The van der Waals surface area contributed by atoms with Crippen LogP contribution in [0.3, 0.4) is 0 Å². The molecule has 2 aromatic heterocycles. The largest absolute Gasteiger partial charge is 0.467 e. The molecular formula is C9H5Br2ClOS. The lowest BCUT2D eigenvalue weighted by molar-refractivity contribution is 0.516. The van der Waals surface area contributed by atoms with E-state index in [1.165, 1.54) is 0 Å². The van der Waals surface area contributed by atoms with E-state index in [0.717, 1.165) is 18.9 Å². The van der Waals surface area contributed by atoms with Crippen LogP contribution in [0.5, 0.6) is 0 Å². The Morgan fingerprint density at radius 2 is 2.21 bits per heavy atom. The summed E-state index contributed by atoms with van der Waals surface area (Å²) in [4.78, 5) is 0. The van der Waals surface area contributed by atoms with Crippen molar-refractivity contribution in [1.82, 2.24) is 0 Å². The summed E-state index contributed by atoms with van der Waals surface area (Å²) < 4.78 is 7.33. The Hall–Kier alpha value is 0.230. The molecule has 0 saturated heterocycles. The van der Waals surface area contributed by atoms with E-state index in [9.17, 15) is 0 Å². The fourth-order valence-corrected chi connectivity index (χ4v) is 4.51. The zero-order valence-electron chi connectivity index (χ0n) is 6.84. The molecule has 0 aliphatic carbocycles. The average Bonchev–Trinajstić information content (AvgIpc) is 2.73. The Labute approximate surface area is 107 Å². The number of alkyl halides is 1. The number of halogens is 3. The SMILES string of the molecule is ClC(c1ccco1)c1cc(Br)sc1Br. The molecule has 0 aromatic carbocycles. The van der Waals surface area contributed by atoms with E-state index in [0.29, 0.717) is 0 Å². The van der Waals surface area contributed by atoms with Gasteiger partial charge in [-0.2, -0.15) is 0 Å². The average molecular weight is 356 g/mol. The van der Waals surface area contributed by atoms with Gasteiger partial charge in [-0.05, 0) is 50.1 Å². The topological polar surface area (TPSA) is 13.1 Å². The van der Waals surface area contributed by atoms with E-state index in [1.807, 2.05) is 18.2 Å². The number of furan rings is 1. The van der Waals surface area contributed by atoms with Gasteiger partial charge in [0.05, 0.1) is 13.8 Å². The van der Waals surface area contributed by atoms with E-state index in [-0.39, 0.29) is 5.38 Å². The van der Waals surface area contributed by atoms with Crippen molar-refractivity contribution in [2.45, 2.75) is 5.38 Å². The van der Waals surface area contributed by atoms with Gasteiger partial charge >= 0.3 is 0 Å². The first kappa shape index (κ1) is 10.7. The van der Waals surface area contributed by atoms with Crippen molar-refractivity contribution in [1.29, 1.82) is 0 Å². The lowest BCUT2D eigenvalue weighted by Crippen LogP contribution is -1.88. The molecule has 0 aliphatic rings. The van der Waals surface area contributed by atoms with E-state index in [4.69, 9.17) is 16.0 Å². The van der Waals surface area contributed by atoms with Crippen LogP contribution >= 0.6 is 54.8 Å². The van der Waals surface area contributed by atoms with Crippen LogP contribution in [0, 0.1) is 0 Å². The Morgan fingerprint density at radius 3 is 2.71 bits per heavy atom. The molecule has 0 aliphatic heterocycles. The van der Waals surface area contributed by atoms with Gasteiger partial charge in [0, 0.05) is 5.56 Å². The molecule has 74 valence electrons. The van der Waals surface area contributed by atoms with E-state index >= 15 is 0 Å². The number of hydrogen-bond donors (Lipinski definition) is 0. The molecule has 0 radical (unpaired) electrons. The van der Waals surface area contributed by atoms with Crippen molar-refractivity contribution in [3.8, 4) is 0 Å². The minimum absolute atomic E-state index is 0.234. The van der Waals surface area contributed by atoms with Crippen molar-refractivity contribution in [2.75, 3.05) is 0 Å². The molecule has 1 unspecified atom stereocenters. The highest BCUT2D eigenvalue weighted by molar-refractivity contribution is 9.12. The highest BCUT2D eigenvalue weighted by Gasteiger charge is 2.18. The van der Waals surface area contributed by atoms with Crippen molar-refractivity contribution >= 4 is 54.8 Å². The summed E-state index contributed by atoms with van der Waals surface area (Å²) in [5, 5.41) is -0.234. The summed E-state index contributed by atoms with van der Waals surface area (Å²) >= 11 is 14.7. The first-order valence-corrected chi connectivity index (χ1v) is 6.64. The predicted molar refractivity (Wildman–Crippen MR) is 66.1 cm³/mol. The highest BCUT2D eigenvalue weighted by Crippen LogP contribution is 2.40. The second-order valence-corrected chi connectivity index (χ2v) is 6.84. The van der Waals surface area contributed by atoms with Gasteiger partial charge in [0.1, 0.15) is 11.1 Å². The fraction of sp³-hybridized carbons (Fsp3) is 0.111. The summed E-state index contributed by atoms with van der Waals surface area (Å²) in [6.45, 7) is 0. The summed E-state index contributed by atoms with van der Waals surface area (Å²) in [7, 11) is 0. The maximum absolute atomic E-state index is 6.25. The van der Waals surface area contributed by atoms with E-state index < -0.39 is 0 Å². The molecule has 0 bridgehead atoms. The van der Waals surface area contributed by atoms with Gasteiger partial charge in [0.2, 0.25) is 0 Å². The minimum Gasteiger partial charge on any atom is -0.467 e. The van der Waals surface area contributed by atoms with Crippen molar-refractivity contribution in [2.24, 2.45) is 0 Å². The van der Waals surface area contributed by atoms with Crippen LogP contribution in [-0.2, 0) is 0 Å². The third-order valence-electron chi connectivity index (χ3n) is 1.75. The Kier molecular flexibility index (Phi) is 3.37. The molecule has 0 saturated carbocycles. The Morgan fingerprint density at radius 1 is 1.43 bits per heavy atom. The molecule has 0 fully saturated rings. The number of rotatable bonds is 2. The van der Waals surface area contributed by atoms with Crippen LogP contribution in [0.25, 0.3) is 0 Å². The molecule has 2 aromatic rings. The summed E-state index contributed by atoms with van der Waals surface area (Å²) in [5.74, 6) is 0.762. The molecule has 2 rings (SSSR count). The highest BCUT2D eigenvalue weighted by atomic mass is 79.9. The lowest BCUT2D eigenvalue weighted by atomic mass is 10.2. The zero-order valence-corrected chi connectivity index (χ0v) is 11.6. The number of thiophene rings is 1. The zero-order chi connectivity index (χ0) is 10.1. The van der Waals surface area contributed by atoms with Gasteiger partial charge in [-0.1, -0.05) is 0 Å². The molecule has 14 heavy (non-hydrogen) atoms. The second-order valence-electron chi connectivity index (χ2n) is 2.66. The van der Waals surface area contributed by atoms with Gasteiger partial charge in [0.25, 0.3) is 0 Å². The second kappa shape index (κ2) is 4.39. The molecule has 1 atom stereocenters. The van der Waals surface area contributed by atoms with Crippen LogP contribution in [-0.4, -0.2) is 0 Å². The van der Waals surface area contributed by atoms with Gasteiger partial charge in [-0.25, -0.2) is 0 Å². The van der Waals surface area contributed by atoms with Gasteiger partial charge in [-0.15, -0.1) is 22.9 Å². The molecule has 2 heterocycles. The lowest BCUT2D eigenvalue weighted by Gasteiger charge is -2.03. The first-order chi connectivity index (χ1) is 6.68. The van der Waals surface area contributed by atoms with Crippen LogP contribution in [0.15, 0.2) is 36.5 Å². The van der Waals surface area contributed by atoms with Crippen molar-refractivity contribution < 1.29 is 4.42 Å². The van der Waals surface area contributed by atoms with Crippen molar-refractivity contribution in [3.05, 3.63) is 43.4 Å². The van der Waals surface area contributed by atoms with Crippen LogP contribution in [0.4, 0.5) is 0 Å². The molecule has 0 spiro atoms. The Balaban J connectivity index is 2.36. The molecular weight excluding hydrogens is 351 g/mol. The summed E-state index contributed by atoms with van der Waals surface area (Å²) in [5.41, 5.74) is 1.03. The third-order valence-corrected chi connectivity index (χ3v) is 4.59. The van der Waals surface area contributed by atoms with Crippen LogP contribution in [0.1, 0.15) is 16.7 Å². The summed E-state index contributed by atoms with van der Waals surface area (Å²) in [6.07, 6.45) is 1.63. The smallest absolute Gasteiger partial charge is 0.126 e. The van der Waals surface area contributed by atoms with Crippen LogP contribution in [0.2, 0.25) is 0 Å². The van der Waals surface area contributed by atoms with E-state index in [1.54, 1.807) is 17.6 Å². The molecule has 0 N–H and O–H groups in total. The Bertz CT molecular complexity index is 424. The minimum atomic E-state index is -0.234. The maximum atomic E-state index is 6.25. The predicted octanol–water partition coefficient (Wildman–Crippen LogP) is 5.19. The first-order valence-electron chi connectivity index (χ1n) is 3.80. The quantitative estimate of drug-likeness (QED) is 0.675. The normalized spacial score (nSPS) is 13.1. The molecule has 1 nitrogen and oxygen atoms in total.